The number of carbonyl (C=O) groups is 1. The lowest BCUT2D eigenvalue weighted by molar-refractivity contribution is -0.119. The van der Waals surface area contributed by atoms with Crippen LogP contribution in [0.1, 0.15) is 47.9 Å². The van der Waals surface area contributed by atoms with Crippen LogP contribution in [0.2, 0.25) is 0 Å². The Balaban J connectivity index is 1.74. The fourth-order valence-corrected chi connectivity index (χ4v) is 5.52. The lowest BCUT2D eigenvalue weighted by atomic mass is 10.0. The van der Waals surface area contributed by atoms with Crippen LogP contribution in [-0.4, -0.2) is 53.5 Å². The van der Waals surface area contributed by atoms with Crippen molar-refractivity contribution in [3.8, 4) is 0 Å². The second-order valence-corrected chi connectivity index (χ2v) is 10.2. The highest BCUT2D eigenvalue weighted by atomic mass is 32.2. The van der Waals surface area contributed by atoms with Crippen molar-refractivity contribution in [2.45, 2.75) is 45.2 Å². The van der Waals surface area contributed by atoms with Gasteiger partial charge in [0.15, 0.2) is 0 Å². The van der Waals surface area contributed by atoms with E-state index < -0.39 is 16.3 Å². The van der Waals surface area contributed by atoms with E-state index in [0.717, 1.165) is 11.3 Å². The van der Waals surface area contributed by atoms with E-state index in [0.29, 0.717) is 49.4 Å². The maximum Gasteiger partial charge on any atom is 0.282 e. The van der Waals surface area contributed by atoms with Crippen molar-refractivity contribution in [1.29, 1.82) is 0 Å². The van der Waals surface area contributed by atoms with Gasteiger partial charge in [-0.05, 0) is 43.9 Å². The minimum atomic E-state index is -3.62. The predicted molar refractivity (Wildman–Crippen MR) is 114 cm³/mol. The molecule has 1 atom stereocenters. The van der Waals surface area contributed by atoms with Gasteiger partial charge < -0.3 is 0 Å². The van der Waals surface area contributed by atoms with Crippen molar-refractivity contribution in [3.05, 3.63) is 52.7 Å². The zero-order valence-corrected chi connectivity index (χ0v) is 18.7. The highest BCUT2D eigenvalue weighted by molar-refractivity contribution is 7.86. The second kappa shape index (κ2) is 8.25. The number of hydrogen-bond donors (Lipinski definition) is 0. The molecule has 0 bridgehead atoms. The molecule has 1 fully saturated rings. The summed E-state index contributed by atoms with van der Waals surface area (Å²) in [5.41, 5.74) is 2.28. The van der Waals surface area contributed by atoms with E-state index in [1.807, 2.05) is 6.92 Å². The van der Waals surface area contributed by atoms with Crippen LogP contribution in [0.4, 0.5) is 10.2 Å². The molecule has 8 nitrogen and oxygen atoms in total. The molecule has 0 radical (unpaired) electrons. The number of nitrogens with zero attached hydrogens (tertiary/aromatic N) is 5. The Morgan fingerprint density at radius 3 is 2.71 bits per heavy atom. The molecule has 0 saturated carbocycles. The third kappa shape index (κ3) is 4.07. The summed E-state index contributed by atoms with van der Waals surface area (Å²) in [6, 6.07) is 5.66. The van der Waals surface area contributed by atoms with Crippen LogP contribution in [0, 0.1) is 12.7 Å². The summed E-state index contributed by atoms with van der Waals surface area (Å²) < 4.78 is 41.8. The molecule has 10 heteroatoms. The highest BCUT2D eigenvalue weighted by Gasteiger charge is 2.39. The zero-order valence-electron chi connectivity index (χ0n) is 17.9. The molecule has 2 aromatic rings. The van der Waals surface area contributed by atoms with Crippen molar-refractivity contribution in [2.75, 3.05) is 25.5 Å². The summed E-state index contributed by atoms with van der Waals surface area (Å²) in [5, 5.41) is 0. The van der Waals surface area contributed by atoms with Crippen LogP contribution in [0.3, 0.4) is 0 Å². The second-order valence-electron chi connectivity index (χ2n) is 8.14. The molecular weight excluding hydrogens is 421 g/mol. The number of benzene rings is 1. The first kappa shape index (κ1) is 21.8. The first-order valence-corrected chi connectivity index (χ1v) is 11.7. The molecular formula is C21H26FN5O3S. The quantitative estimate of drug-likeness (QED) is 0.702. The summed E-state index contributed by atoms with van der Waals surface area (Å²) in [6.07, 6.45) is 2.19. The topological polar surface area (TPSA) is 86.7 Å². The number of aryl methyl sites for hydroxylation is 1. The highest BCUT2D eigenvalue weighted by Crippen LogP contribution is 2.36. The number of aromatic nitrogens is 2. The molecule has 1 aromatic carbocycles. The number of hydrogen-bond acceptors (Lipinski definition) is 5. The van der Waals surface area contributed by atoms with Gasteiger partial charge in [-0.25, -0.2) is 14.4 Å². The third-order valence-electron chi connectivity index (χ3n) is 5.84. The van der Waals surface area contributed by atoms with E-state index in [9.17, 15) is 17.6 Å². The normalized spacial score (nSPS) is 19.8. The van der Waals surface area contributed by atoms with Crippen molar-refractivity contribution in [3.63, 3.8) is 0 Å². The van der Waals surface area contributed by atoms with Gasteiger partial charge >= 0.3 is 0 Å². The van der Waals surface area contributed by atoms with Gasteiger partial charge in [0.1, 0.15) is 17.5 Å². The molecule has 31 heavy (non-hydrogen) atoms. The average Bonchev–Trinajstić information content (AvgIpc) is 3.21. The Hall–Kier alpha value is -2.43. The van der Waals surface area contributed by atoms with E-state index in [1.54, 1.807) is 17.0 Å². The molecule has 0 N–H and O–H groups in total. The molecule has 1 saturated heterocycles. The molecule has 0 unspecified atom stereocenters. The summed E-state index contributed by atoms with van der Waals surface area (Å²) >= 11 is 0. The number of anilines is 1. The fourth-order valence-electron chi connectivity index (χ4n) is 4.22. The molecule has 0 aliphatic carbocycles. The zero-order chi connectivity index (χ0) is 22.3. The Labute approximate surface area is 181 Å². The fraction of sp³-hybridized carbons (Fsp3) is 0.476. The van der Waals surface area contributed by atoms with Crippen LogP contribution >= 0.6 is 0 Å². The number of rotatable bonds is 5. The monoisotopic (exact) mass is 447 g/mol. The van der Waals surface area contributed by atoms with Gasteiger partial charge in [-0.15, -0.1) is 0 Å². The SMILES string of the molecule is Cc1nc([C@H]2CCCN2S(=O)(=O)N(C)C)nc2c1CCC(=O)N2Cc1cccc(F)c1. The van der Waals surface area contributed by atoms with E-state index in [2.05, 4.69) is 4.98 Å². The van der Waals surface area contributed by atoms with Crippen LogP contribution in [0.15, 0.2) is 24.3 Å². The minimum absolute atomic E-state index is 0.0926. The molecule has 1 amide bonds. The van der Waals surface area contributed by atoms with E-state index in [1.165, 1.54) is 34.8 Å². The summed E-state index contributed by atoms with van der Waals surface area (Å²) in [6.45, 7) is 2.46. The van der Waals surface area contributed by atoms with Gasteiger partial charge in [0.25, 0.3) is 10.2 Å². The van der Waals surface area contributed by atoms with E-state index in [4.69, 9.17) is 4.98 Å². The molecule has 166 valence electrons. The van der Waals surface area contributed by atoms with Crippen LogP contribution < -0.4 is 4.90 Å². The van der Waals surface area contributed by atoms with Crippen molar-refractivity contribution in [1.82, 2.24) is 18.6 Å². The molecule has 4 rings (SSSR count). The Kier molecular flexibility index (Phi) is 5.80. The van der Waals surface area contributed by atoms with Crippen molar-refractivity contribution in [2.24, 2.45) is 0 Å². The summed E-state index contributed by atoms with van der Waals surface area (Å²) in [5.74, 6) is 0.442. The maximum absolute atomic E-state index is 13.7. The van der Waals surface area contributed by atoms with Gasteiger partial charge in [-0.3, -0.25) is 9.69 Å². The maximum atomic E-state index is 13.7. The Morgan fingerprint density at radius 1 is 1.23 bits per heavy atom. The van der Waals surface area contributed by atoms with Gasteiger partial charge in [0, 0.05) is 38.3 Å². The first-order valence-electron chi connectivity index (χ1n) is 10.3. The van der Waals surface area contributed by atoms with Gasteiger partial charge in [0.05, 0.1) is 12.6 Å². The average molecular weight is 448 g/mol. The van der Waals surface area contributed by atoms with Crippen LogP contribution in [0.25, 0.3) is 0 Å². The number of amides is 1. The Bertz CT molecular complexity index is 1120. The largest absolute Gasteiger partial charge is 0.292 e. The summed E-state index contributed by atoms with van der Waals surface area (Å²) in [7, 11) is -0.615. The lowest BCUT2D eigenvalue weighted by Gasteiger charge is -2.31. The minimum Gasteiger partial charge on any atom is -0.292 e. The van der Waals surface area contributed by atoms with E-state index >= 15 is 0 Å². The van der Waals surface area contributed by atoms with Crippen LogP contribution in [0.5, 0.6) is 0 Å². The van der Waals surface area contributed by atoms with Crippen molar-refractivity contribution >= 4 is 21.9 Å². The molecule has 0 spiro atoms. The van der Waals surface area contributed by atoms with Crippen molar-refractivity contribution < 1.29 is 17.6 Å². The lowest BCUT2D eigenvalue weighted by Crippen LogP contribution is -2.40. The van der Waals surface area contributed by atoms with E-state index in [-0.39, 0.29) is 18.3 Å². The van der Waals surface area contributed by atoms with Crippen LogP contribution in [-0.2, 0) is 28.0 Å². The summed E-state index contributed by atoms with van der Waals surface area (Å²) in [4.78, 5) is 23.7. The molecule has 2 aliphatic rings. The van der Waals surface area contributed by atoms with Gasteiger partial charge in [-0.2, -0.15) is 17.0 Å². The number of fused-ring (bicyclic) bond motifs is 1. The van der Waals surface area contributed by atoms with Gasteiger partial charge in [-0.1, -0.05) is 12.1 Å². The predicted octanol–water partition coefficient (Wildman–Crippen LogP) is 2.35. The standard InChI is InChI=1S/C21H26FN5O3S/c1-14-17-9-10-19(28)26(13-15-6-4-7-16(22)12-15)21(17)24-20(23-14)18-8-5-11-27(18)31(29,30)25(2)3/h4,6-7,12,18H,5,8-11,13H2,1-3H3/t18-/m1/s1. The Morgan fingerprint density at radius 2 is 2.00 bits per heavy atom. The smallest absolute Gasteiger partial charge is 0.282 e. The number of halogens is 1. The molecule has 1 aromatic heterocycles. The third-order valence-corrected chi connectivity index (χ3v) is 7.80. The van der Waals surface area contributed by atoms with Gasteiger partial charge in [0.2, 0.25) is 5.91 Å². The molecule has 3 heterocycles. The first-order chi connectivity index (χ1) is 14.7. The molecule has 2 aliphatic heterocycles. The number of carbonyl (C=O) groups excluding carboxylic acids is 1.